The van der Waals surface area contributed by atoms with Crippen LogP contribution in [-0.4, -0.2) is 12.4 Å². The molecule has 3 rings (SSSR count). The lowest BCUT2D eigenvalue weighted by molar-refractivity contribution is 0.0893. The van der Waals surface area contributed by atoms with Crippen LogP contribution in [0.2, 0.25) is 0 Å². The van der Waals surface area contributed by atoms with Crippen molar-refractivity contribution >= 4 is 5.78 Å². The van der Waals surface area contributed by atoms with E-state index in [1.165, 1.54) is 30.2 Å². The first-order valence-corrected chi connectivity index (χ1v) is 6.64. The molecule has 0 radical (unpaired) electrons. The van der Waals surface area contributed by atoms with Crippen molar-refractivity contribution in [3.63, 3.8) is 0 Å². The minimum absolute atomic E-state index is 0.0201. The Morgan fingerprint density at radius 3 is 2.79 bits per heavy atom. The summed E-state index contributed by atoms with van der Waals surface area (Å²) in [7, 11) is 0. The van der Waals surface area contributed by atoms with Gasteiger partial charge in [0.05, 0.1) is 6.26 Å². The van der Waals surface area contributed by atoms with Crippen LogP contribution in [0.5, 0.6) is 5.75 Å². The molecule has 0 spiro atoms. The number of hydrogen-bond acceptors (Lipinski definition) is 3. The average Bonchev–Trinajstić information content (AvgIpc) is 2.99. The van der Waals surface area contributed by atoms with Crippen LogP contribution < -0.4 is 4.74 Å². The van der Waals surface area contributed by atoms with Gasteiger partial charge in [0.15, 0.2) is 12.4 Å². The third kappa shape index (κ3) is 2.70. The molecule has 19 heavy (non-hydrogen) atoms. The summed E-state index contributed by atoms with van der Waals surface area (Å²) in [5.74, 6) is 0.973. The number of furan rings is 1. The number of carbonyl (C=O) groups excluding carboxylic acids is 1. The maximum Gasteiger partial charge on any atom is 0.235 e. The van der Waals surface area contributed by atoms with Crippen molar-refractivity contribution in [1.29, 1.82) is 0 Å². The van der Waals surface area contributed by atoms with Crippen LogP contribution in [0.4, 0.5) is 0 Å². The molecule has 1 heterocycles. The van der Waals surface area contributed by atoms with E-state index in [1.54, 1.807) is 12.1 Å². The molecular formula is C16H16O3. The summed E-state index contributed by atoms with van der Waals surface area (Å²) in [5.41, 5.74) is 2.77. The molecule has 0 unspecified atom stereocenters. The normalized spacial score (nSPS) is 13.9. The van der Waals surface area contributed by atoms with Crippen molar-refractivity contribution in [2.75, 3.05) is 6.61 Å². The maximum atomic E-state index is 11.7. The molecule has 1 aromatic heterocycles. The topological polar surface area (TPSA) is 39.4 Å². The second-order valence-electron chi connectivity index (χ2n) is 4.83. The molecule has 1 aromatic carbocycles. The minimum Gasteiger partial charge on any atom is -0.485 e. The molecule has 3 heteroatoms. The predicted molar refractivity (Wildman–Crippen MR) is 71.6 cm³/mol. The standard InChI is InChI=1S/C16H16O3/c17-15(16-6-3-9-18-16)11-19-14-8-7-12-4-1-2-5-13(12)10-14/h3,6-10H,1-2,4-5,11H2. The molecule has 0 saturated carbocycles. The van der Waals surface area contributed by atoms with Gasteiger partial charge < -0.3 is 9.15 Å². The molecule has 3 nitrogen and oxygen atoms in total. The van der Waals surface area contributed by atoms with Gasteiger partial charge in [-0.3, -0.25) is 4.79 Å². The zero-order chi connectivity index (χ0) is 13.1. The summed E-state index contributed by atoms with van der Waals surface area (Å²) in [6, 6.07) is 9.47. The summed E-state index contributed by atoms with van der Waals surface area (Å²) in [4.78, 5) is 11.7. The molecule has 0 amide bonds. The lowest BCUT2D eigenvalue weighted by atomic mass is 9.92. The lowest BCUT2D eigenvalue weighted by Gasteiger charge is -2.16. The van der Waals surface area contributed by atoms with Gasteiger partial charge in [-0.2, -0.15) is 0 Å². The van der Waals surface area contributed by atoms with Crippen molar-refractivity contribution in [3.05, 3.63) is 53.5 Å². The summed E-state index contributed by atoms with van der Waals surface area (Å²) in [6.45, 7) is 0.0201. The maximum absolute atomic E-state index is 11.7. The zero-order valence-electron chi connectivity index (χ0n) is 10.7. The molecule has 2 aromatic rings. The largest absolute Gasteiger partial charge is 0.485 e. The number of fused-ring (bicyclic) bond motifs is 1. The molecule has 0 bridgehead atoms. The molecule has 0 saturated heterocycles. The van der Waals surface area contributed by atoms with Crippen molar-refractivity contribution in [1.82, 2.24) is 0 Å². The van der Waals surface area contributed by atoms with Crippen molar-refractivity contribution < 1.29 is 13.9 Å². The molecule has 1 aliphatic rings. The smallest absolute Gasteiger partial charge is 0.235 e. The molecule has 0 atom stereocenters. The van der Waals surface area contributed by atoms with Crippen molar-refractivity contribution in [2.24, 2.45) is 0 Å². The van der Waals surface area contributed by atoms with Crippen LogP contribution >= 0.6 is 0 Å². The molecule has 98 valence electrons. The first-order valence-electron chi connectivity index (χ1n) is 6.64. The van der Waals surface area contributed by atoms with Gasteiger partial charge in [-0.05, 0) is 61.1 Å². The first kappa shape index (κ1) is 12.0. The number of hydrogen-bond donors (Lipinski definition) is 0. The lowest BCUT2D eigenvalue weighted by Crippen LogP contribution is -2.11. The number of ether oxygens (including phenoxy) is 1. The van der Waals surface area contributed by atoms with Gasteiger partial charge in [-0.1, -0.05) is 6.07 Å². The molecule has 0 N–H and O–H groups in total. The van der Waals surface area contributed by atoms with Crippen LogP contribution in [0, 0.1) is 0 Å². The average molecular weight is 256 g/mol. The van der Waals surface area contributed by atoms with Crippen LogP contribution in [0.15, 0.2) is 41.0 Å². The van der Waals surface area contributed by atoms with Gasteiger partial charge in [0.25, 0.3) is 0 Å². The highest BCUT2D eigenvalue weighted by Gasteiger charge is 2.12. The van der Waals surface area contributed by atoms with Crippen LogP contribution in [0.25, 0.3) is 0 Å². The fourth-order valence-corrected chi connectivity index (χ4v) is 2.46. The number of rotatable bonds is 4. The first-order chi connectivity index (χ1) is 9.33. The number of Topliss-reactive ketones (excluding diaryl/α,β-unsaturated/α-hetero) is 1. The molecule has 0 aliphatic heterocycles. The van der Waals surface area contributed by atoms with E-state index < -0.39 is 0 Å². The SMILES string of the molecule is O=C(COc1ccc2c(c1)CCCC2)c1ccco1. The Kier molecular flexibility index (Phi) is 3.36. The van der Waals surface area contributed by atoms with E-state index in [-0.39, 0.29) is 12.4 Å². The van der Waals surface area contributed by atoms with Gasteiger partial charge in [-0.15, -0.1) is 0 Å². The van der Waals surface area contributed by atoms with E-state index >= 15 is 0 Å². The van der Waals surface area contributed by atoms with Gasteiger partial charge in [0.2, 0.25) is 5.78 Å². The predicted octanol–water partition coefficient (Wildman–Crippen LogP) is 3.42. The highest BCUT2D eigenvalue weighted by atomic mass is 16.5. The number of aryl methyl sites for hydroxylation is 2. The van der Waals surface area contributed by atoms with Gasteiger partial charge in [-0.25, -0.2) is 0 Å². The fraction of sp³-hybridized carbons (Fsp3) is 0.312. The minimum atomic E-state index is -0.136. The van der Waals surface area contributed by atoms with E-state index in [4.69, 9.17) is 9.15 Å². The number of ketones is 1. The van der Waals surface area contributed by atoms with Gasteiger partial charge in [0, 0.05) is 0 Å². The van der Waals surface area contributed by atoms with Gasteiger partial charge in [0.1, 0.15) is 5.75 Å². The Labute approximate surface area is 112 Å². The number of carbonyl (C=O) groups is 1. The summed E-state index contributed by atoms with van der Waals surface area (Å²) < 4.78 is 10.6. The third-order valence-corrected chi connectivity index (χ3v) is 3.49. The highest BCUT2D eigenvalue weighted by molar-refractivity contribution is 5.94. The fourth-order valence-electron chi connectivity index (χ4n) is 2.46. The van der Waals surface area contributed by atoms with E-state index in [1.807, 2.05) is 6.07 Å². The second-order valence-corrected chi connectivity index (χ2v) is 4.83. The molecule has 1 aliphatic carbocycles. The monoisotopic (exact) mass is 256 g/mol. The quantitative estimate of drug-likeness (QED) is 0.787. The number of benzene rings is 1. The second kappa shape index (κ2) is 5.31. The Morgan fingerprint density at radius 1 is 1.16 bits per heavy atom. The third-order valence-electron chi connectivity index (χ3n) is 3.49. The van der Waals surface area contributed by atoms with E-state index in [0.29, 0.717) is 5.76 Å². The summed E-state index contributed by atoms with van der Waals surface area (Å²) in [6.07, 6.45) is 6.26. The Morgan fingerprint density at radius 2 is 2.00 bits per heavy atom. The van der Waals surface area contributed by atoms with Crippen molar-refractivity contribution in [2.45, 2.75) is 25.7 Å². The molecule has 0 fully saturated rings. The summed E-state index contributed by atoms with van der Waals surface area (Å²) >= 11 is 0. The molecular weight excluding hydrogens is 240 g/mol. The Hall–Kier alpha value is -2.03. The Balaban J connectivity index is 1.65. The van der Waals surface area contributed by atoms with Gasteiger partial charge >= 0.3 is 0 Å². The summed E-state index contributed by atoms with van der Waals surface area (Å²) in [5, 5.41) is 0. The van der Waals surface area contributed by atoms with Crippen LogP contribution in [0.1, 0.15) is 34.5 Å². The highest BCUT2D eigenvalue weighted by Crippen LogP contribution is 2.25. The van der Waals surface area contributed by atoms with E-state index in [9.17, 15) is 4.79 Å². The van der Waals surface area contributed by atoms with Crippen molar-refractivity contribution in [3.8, 4) is 5.75 Å². The van der Waals surface area contributed by atoms with E-state index in [0.717, 1.165) is 18.6 Å². The van der Waals surface area contributed by atoms with Crippen LogP contribution in [0.3, 0.4) is 0 Å². The zero-order valence-corrected chi connectivity index (χ0v) is 10.7. The van der Waals surface area contributed by atoms with E-state index in [2.05, 4.69) is 12.1 Å². The van der Waals surface area contributed by atoms with Crippen LogP contribution in [-0.2, 0) is 12.8 Å². The Bertz CT molecular complexity index is 570.